The Balaban J connectivity index is 2.15. The van der Waals surface area contributed by atoms with Gasteiger partial charge in [-0.25, -0.2) is 4.68 Å². The molecular weight excluding hydrogens is 314 g/mol. The molecule has 0 spiro atoms. The van der Waals surface area contributed by atoms with Gasteiger partial charge >= 0.3 is 0 Å². The molecule has 0 saturated heterocycles. The zero-order chi connectivity index (χ0) is 17.3. The van der Waals surface area contributed by atoms with Crippen molar-refractivity contribution in [2.24, 2.45) is 0 Å². The van der Waals surface area contributed by atoms with Gasteiger partial charge in [-0.15, -0.1) is 5.10 Å². The van der Waals surface area contributed by atoms with Crippen LogP contribution in [0, 0.1) is 6.92 Å². The van der Waals surface area contributed by atoms with Gasteiger partial charge in [0.2, 0.25) is 0 Å². The van der Waals surface area contributed by atoms with Crippen molar-refractivity contribution >= 4 is 13.4 Å². The van der Waals surface area contributed by atoms with Crippen LogP contribution in [0.15, 0.2) is 48.5 Å². The van der Waals surface area contributed by atoms with Crippen molar-refractivity contribution in [1.29, 1.82) is 0 Å². The molecule has 0 saturated carbocycles. The summed E-state index contributed by atoms with van der Waals surface area (Å²) in [7, 11) is 0.0122. The smallest absolute Gasteiger partial charge is 0.118 e. The summed E-state index contributed by atoms with van der Waals surface area (Å²) in [5, 5.41) is 10.2. The summed E-state index contributed by atoms with van der Waals surface area (Å²) in [5.74, 6) is 0.847. The van der Waals surface area contributed by atoms with Gasteiger partial charge in [0.15, 0.2) is 0 Å². The summed E-state index contributed by atoms with van der Waals surface area (Å²) in [6, 6.07) is 16.5. The molecule has 0 atom stereocenters. The van der Waals surface area contributed by atoms with E-state index in [4.69, 9.17) is 4.74 Å². The van der Waals surface area contributed by atoms with Crippen molar-refractivity contribution in [1.82, 2.24) is 15.0 Å². The molecular formula is C19H23N3OSi. The second-order valence-corrected chi connectivity index (χ2v) is 12.0. The van der Waals surface area contributed by atoms with Gasteiger partial charge in [0.05, 0.1) is 18.1 Å². The summed E-state index contributed by atoms with van der Waals surface area (Å²) in [6.45, 7) is 9.06. The molecule has 0 amide bonds. The van der Waals surface area contributed by atoms with Crippen molar-refractivity contribution in [2.45, 2.75) is 26.6 Å². The summed E-state index contributed by atoms with van der Waals surface area (Å²) >= 11 is 0. The summed E-state index contributed by atoms with van der Waals surface area (Å²) < 4.78 is 7.26. The van der Waals surface area contributed by atoms with E-state index in [1.54, 1.807) is 7.11 Å². The van der Waals surface area contributed by atoms with Crippen LogP contribution in [0.25, 0.3) is 16.9 Å². The molecule has 1 aromatic heterocycles. The quantitative estimate of drug-likeness (QED) is 0.680. The first-order chi connectivity index (χ1) is 11.4. The summed E-state index contributed by atoms with van der Waals surface area (Å²) in [6.07, 6.45) is 0. The SMILES string of the molecule is COc1ccc(-c2nnn(-c3ccc(C)cc3)c2[Si](C)(C)C)cc1. The Hall–Kier alpha value is -2.40. The fourth-order valence-corrected chi connectivity index (χ4v) is 4.48. The minimum Gasteiger partial charge on any atom is -0.497 e. The standard InChI is InChI=1S/C19H23N3OSi/c1-14-6-10-16(11-7-14)22-19(24(3,4)5)18(20-21-22)15-8-12-17(23-2)13-9-15/h6-13H,1-5H3. The van der Waals surface area contributed by atoms with Gasteiger partial charge in [0.1, 0.15) is 19.5 Å². The Morgan fingerprint density at radius 1 is 0.917 bits per heavy atom. The highest BCUT2D eigenvalue weighted by Gasteiger charge is 2.28. The molecule has 0 radical (unpaired) electrons. The maximum absolute atomic E-state index is 5.26. The topological polar surface area (TPSA) is 39.9 Å². The van der Waals surface area contributed by atoms with Gasteiger partial charge in [-0.05, 0) is 43.3 Å². The van der Waals surface area contributed by atoms with Crippen molar-refractivity contribution in [2.75, 3.05) is 7.11 Å². The summed E-state index contributed by atoms with van der Waals surface area (Å²) in [4.78, 5) is 0. The van der Waals surface area contributed by atoms with E-state index in [-0.39, 0.29) is 0 Å². The molecule has 124 valence electrons. The van der Waals surface area contributed by atoms with Crippen LogP contribution in [0.5, 0.6) is 5.75 Å². The number of rotatable bonds is 4. The molecule has 0 N–H and O–H groups in total. The molecule has 3 rings (SSSR count). The molecule has 4 nitrogen and oxygen atoms in total. The van der Waals surface area contributed by atoms with E-state index >= 15 is 0 Å². The lowest BCUT2D eigenvalue weighted by atomic mass is 10.1. The normalized spacial score (nSPS) is 11.5. The first-order valence-electron chi connectivity index (χ1n) is 8.08. The Morgan fingerprint density at radius 2 is 1.54 bits per heavy atom. The van der Waals surface area contributed by atoms with Gasteiger partial charge in [-0.1, -0.05) is 42.6 Å². The van der Waals surface area contributed by atoms with Crippen LogP contribution in [0.4, 0.5) is 0 Å². The van der Waals surface area contributed by atoms with Crippen LogP contribution in [0.2, 0.25) is 19.6 Å². The molecule has 2 aromatic carbocycles. The number of ether oxygens (including phenoxy) is 1. The van der Waals surface area contributed by atoms with Crippen LogP contribution in [-0.2, 0) is 0 Å². The van der Waals surface area contributed by atoms with Gasteiger partial charge in [0, 0.05) is 5.56 Å². The average molecular weight is 337 g/mol. The number of aromatic nitrogens is 3. The fourth-order valence-electron chi connectivity index (χ4n) is 2.76. The van der Waals surface area contributed by atoms with Crippen LogP contribution in [-0.4, -0.2) is 30.2 Å². The van der Waals surface area contributed by atoms with E-state index in [1.165, 1.54) is 10.9 Å². The van der Waals surface area contributed by atoms with Crippen molar-refractivity contribution in [3.63, 3.8) is 0 Å². The van der Waals surface area contributed by atoms with Gasteiger partial charge in [0.25, 0.3) is 0 Å². The Kier molecular flexibility index (Phi) is 4.28. The van der Waals surface area contributed by atoms with Crippen molar-refractivity contribution < 1.29 is 4.74 Å². The van der Waals surface area contributed by atoms with E-state index in [9.17, 15) is 0 Å². The van der Waals surface area contributed by atoms with E-state index in [1.807, 2.05) is 28.9 Å². The van der Waals surface area contributed by atoms with E-state index in [0.29, 0.717) is 0 Å². The minimum atomic E-state index is -1.66. The third-order valence-corrected chi connectivity index (χ3v) is 5.89. The predicted octanol–water partition coefficient (Wildman–Crippen LogP) is 3.80. The number of aryl methyl sites for hydroxylation is 1. The Labute approximate surface area is 144 Å². The van der Waals surface area contributed by atoms with Gasteiger partial charge in [-0.2, -0.15) is 0 Å². The highest BCUT2D eigenvalue weighted by Crippen LogP contribution is 2.22. The molecule has 0 fully saturated rings. The van der Waals surface area contributed by atoms with Crippen LogP contribution >= 0.6 is 0 Å². The molecule has 0 aliphatic heterocycles. The third-order valence-electron chi connectivity index (χ3n) is 4.02. The monoisotopic (exact) mass is 337 g/mol. The van der Waals surface area contributed by atoms with Crippen LogP contribution < -0.4 is 10.1 Å². The zero-order valence-electron chi connectivity index (χ0n) is 14.9. The largest absolute Gasteiger partial charge is 0.497 e. The molecule has 5 heteroatoms. The molecule has 0 bridgehead atoms. The zero-order valence-corrected chi connectivity index (χ0v) is 15.9. The first kappa shape index (κ1) is 16.5. The lowest BCUT2D eigenvalue weighted by Crippen LogP contribution is -2.43. The predicted molar refractivity (Wildman–Crippen MR) is 101 cm³/mol. The lowest BCUT2D eigenvalue weighted by Gasteiger charge is -2.19. The molecule has 0 aliphatic carbocycles. The number of nitrogens with zero attached hydrogens (tertiary/aromatic N) is 3. The van der Waals surface area contributed by atoms with E-state index < -0.39 is 8.07 Å². The first-order valence-corrected chi connectivity index (χ1v) is 11.6. The van der Waals surface area contributed by atoms with Gasteiger partial charge < -0.3 is 4.74 Å². The number of methoxy groups -OCH3 is 1. The van der Waals surface area contributed by atoms with Crippen molar-refractivity contribution in [3.05, 3.63) is 54.1 Å². The maximum atomic E-state index is 5.26. The molecule has 0 aliphatic rings. The molecule has 0 unspecified atom stereocenters. The third kappa shape index (κ3) is 3.12. The number of benzene rings is 2. The average Bonchev–Trinajstić information content (AvgIpc) is 3.01. The van der Waals surface area contributed by atoms with E-state index in [2.05, 4.69) is 61.1 Å². The molecule has 3 aromatic rings. The number of hydrogen-bond donors (Lipinski definition) is 0. The number of hydrogen-bond acceptors (Lipinski definition) is 3. The second-order valence-electron chi connectivity index (χ2n) is 7.01. The Bertz CT molecular complexity index is 831. The Morgan fingerprint density at radius 3 is 2.08 bits per heavy atom. The van der Waals surface area contributed by atoms with Crippen molar-refractivity contribution in [3.8, 4) is 22.7 Å². The second kappa shape index (κ2) is 6.24. The van der Waals surface area contributed by atoms with Gasteiger partial charge in [-0.3, -0.25) is 0 Å². The van der Waals surface area contributed by atoms with E-state index in [0.717, 1.165) is 22.7 Å². The lowest BCUT2D eigenvalue weighted by molar-refractivity contribution is 0.415. The summed E-state index contributed by atoms with van der Waals surface area (Å²) in [5.41, 5.74) is 4.35. The van der Waals surface area contributed by atoms with Crippen LogP contribution in [0.3, 0.4) is 0 Å². The molecule has 1 heterocycles. The fraction of sp³-hybridized carbons (Fsp3) is 0.263. The minimum absolute atomic E-state index is 0.847. The highest BCUT2D eigenvalue weighted by atomic mass is 28.3. The van der Waals surface area contributed by atoms with Crippen LogP contribution in [0.1, 0.15) is 5.56 Å². The molecule has 24 heavy (non-hydrogen) atoms. The maximum Gasteiger partial charge on any atom is 0.118 e. The highest BCUT2D eigenvalue weighted by molar-refractivity contribution is 6.89.